The zero-order valence-corrected chi connectivity index (χ0v) is 18.8. The maximum Gasteiger partial charge on any atom is 0.294 e. The van der Waals surface area contributed by atoms with E-state index in [4.69, 9.17) is 4.74 Å². The number of thioether (sulfide) groups is 1. The summed E-state index contributed by atoms with van der Waals surface area (Å²) in [6, 6.07) is 15.3. The molecule has 1 aliphatic rings. The van der Waals surface area contributed by atoms with Gasteiger partial charge in [-0.25, -0.2) is 13.2 Å². The molecule has 35 heavy (non-hydrogen) atoms. The van der Waals surface area contributed by atoms with Crippen LogP contribution in [0.25, 0.3) is 6.08 Å². The van der Waals surface area contributed by atoms with E-state index in [2.05, 4.69) is 5.32 Å². The zero-order valence-electron chi connectivity index (χ0n) is 18.0. The van der Waals surface area contributed by atoms with E-state index in [1.165, 1.54) is 18.2 Å². The number of carbonyl (C=O) groups is 3. The third-order valence-electron chi connectivity index (χ3n) is 4.88. The van der Waals surface area contributed by atoms with Crippen molar-refractivity contribution >= 4 is 40.6 Å². The van der Waals surface area contributed by atoms with E-state index < -0.39 is 35.2 Å². The number of benzene rings is 3. The molecule has 1 N–H and O–H groups in total. The summed E-state index contributed by atoms with van der Waals surface area (Å²) in [4.78, 5) is 38.0. The number of rotatable bonds is 7. The van der Waals surface area contributed by atoms with Gasteiger partial charge in [0.1, 0.15) is 36.4 Å². The molecule has 1 fully saturated rings. The maximum absolute atomic E-state index is 13.7. The predicted molar refractivity (Wildman–Crippen MR) is 125 cm³/mol. The standard InChI is InChI=1S/C25H17F3N2O4S/c26-17-5-1-16(2-6-17)14-34-19-8-3-15(4-9-19)11-22-24(32)30(25(33)35-22)13-23(31)29-21-10-7-18(27)12-20(21)28/h1-12H,13-14H2,(H,29,31). The monoisotopic (exact) mass is 498 g/mol. The third kappa shape index (κ3) is 6.10. The number of ether oxygens (including phenoxy) is 1. The van der Waals surface area contributed by atoms with Crippen LogP contribution in [-0.4, -0.2) is 28.5 Å². The van der Waals surface area contributed by atoms with Crippen LogP contribution in [0.5, 0.6) is 5.75 Å². The molecule has 1 saturated heterocycles. The van der Waals surface area contributed by atoms with Crippen LogP contribution in [-0.2, 0) is 16.2 Å². The van der Waals surface area contributed by atoms with Gasteiger partial charge in [-0.3, -0.25) is 19.3 Å². The molecule has 0 spiro atoms. The average molecular weight is 498 g/mol. The average Bonchev–Trinajstić information content (AvgIpc) is 3.08. The molecule has 0 aliphatic carbocycles. The van der Waals surface area contributed by atoms with E-state index in [-0.39, 0.29) is 23.0 Å². The first-order valence-electron chi connectivity index (χ1n) is 10.3. The summed E-state index contributed by atoms with van der Waals surface area (Å²) < 4.78 is 45.3. The van der Waals surface area contributed by atoms with Gasteiger partial charge in [-0.15, -0.1) is 0 Å². The number of carbonyl (C=O) groups excluding carboxylic acids is 3. The molecular formula is C25H17F3N2O4S. The molecule has 3 aromatic rings. The number of anilines is 1. The molecule has 3 aromatic carbocycles. The van der Waals surface area contributed by atoms with Crippen LogP contribution in [0.1, 0.15) is 11.1 Å². The van der Waals surface area contributed by atoms with Crippen molar-refractivity contribution in [1.29, 1.82) is 0 Å². The Labute approximate surface area is 202 Å². The van der Waals surface area contributed by atoms with Crippen molar-refractivity contribution in [3.05, 3.63) is 100 Å². The lowest BCUT2D eigenvalue weighted by atomic mass is 10.2. The summed E-state index contributed by atoms with van der Waals surface area (Å²) in [5.41, 5.74) is 1.17. The Kier molecular flexibility index (Phi) is 7.21. The summed E-state index contributed by atoms with van der Waals surface area (Å²) in [5, 5.41) is 1.57. The number of imide groups is 1. The first-order chi connectivity index (χ1) is 16.8. The van der Waals surface area contributed by atoms with E-state index in [1.807, 2.05) is 0 Å². The molecule has 6 nitrogen and oxygen atoms in total. The lowest BCUT2D eigenvalue weighted by Crippen LogP contribution is -2.36. The van der Waals surface area contributed by atoms with Crippen LogP contribution in [0, 0.1) is 17.5 Å². The van der Waals surface area contributed by atoms with Crippen LogP contribution in [0.2, 0.25) is 0 Å². The van der Waals surface area contributed by atoms with Crippen LogP contribution in [0.15, 0.2) is 71.6 Å². The molecule has 0 atom stereocenters. The molecule has 0 bridgehead atoms. The van der Waals surface area contributed by atoms with Gasteiger partial charge in [0, 0.05) is 6.07 Å². The molecule has 3 amide bonds. The Balaban J connectivity index is 1.36. The lowest BCUT2D eigenvalue weighted by molar-refractivity contribution is -0.127. The Morgan fingerprint density at radius 3 is 2.31 bits per heavy atom. The molecule has 10 heteroatoms. The summed E-state index contributed by atoms with van der Waals surface area (Å²) in [5.74, 6) is -3.01. The largest absolute Gasteiger partial charge is 0.489 e. The molecule has 0 aromatic heterocycles. The summed E-state index contributed by atoms with van der Waals surface area (Å²) in [6.45, 7) is -0.364. The molecule has 0 saturated carbocycles. The van der Waals surface area contributed by atoms with Crippen LogP contribution in [0.3, 0.4) is 0 Å². The fourth-order valence-corrected chi connectivity index (χ4v) is 3.96. The van der Waals surface area contributed by atoms with E-state index in [0.29, 0.717) is 29.1 Å². The van der Waals surface area contributed by atoms with Crippen LogP contribution < -0.4 is 10.1 Å². The minimum atomic E-state index is -0.975. The number of amides is 3. The van der Waals surface area contributed by atoms with Crippen molar-refractivity contribution in [2.75, 3.05) is 11.9 Å². The second kappa shape index (κ2) is 10.5. The molecule has 1 heterocycles. The van der Waals surface area contributed by atoms with E-state index >= 15 is 0 Å². The highest BCUT2D eigenvalue weighted by atomic mass is 32.2. The fourth-order valence-electron chi connectivity index (χ4n) is 3.12. The highest BCUT2D eigenvalue weighted by molar-refractivity contribution is 8.18. The number of hydrogen-bond donors (Lipinski definition) is 1. The van der Waals surface area contributed by atoms with Gasteiger partial charge in [0.25, 0.3) is 11.1 Å². The number of nitrogens with one attached hydrogen (secondary N) is 1. The molecule has 0 radical (unpaired) electrons. The summed E-state index contributed by atoms with van der Waals surface area (Å²) >= 11 is 0.676. The van der Waals surface area contributed by atoms with Crippen molar-refractivity contribution in [2.45, 2.75) is 6.61 Å². The van der Waals surface area contributed by atoms with E-state index in [9.17, 15) is 27.6 Å². The minimum Gasteiger partial charge on any atom is -0.489 e. The topological polar surface area (TPSA) is 75.7 Å². The van der Waals surface area contributed by atoms with E-state index in [1.54, 1.807) is 36.4 Å². The number of nitrogens with zero attached hydrogens (tertiary/aromatic N) is 1. The summed E-state index contributed by atoms with van der Waals surface area (Å²) in [7, 11) is 0. The van der Waals surface area contributed by atoms with Gasteiger partial charge in [0.15, 0.2) is 0 Å². The number of halogens is 3. The molecule has 178 valence electrons. The Morgan fingerprint density at radius 2 is 1.63 bits per heavy atom. The second-order valence-electron chi connectivity index (χ2n) is 7.42. The highest BCUT2D eigenvalue weighted by Crippen LogP contribution is 2.32. The van der Waals surface area contributed by atoms with Crippen molar-refractivity contribution in [3.8, 4) is 5.75 Å². The smallest absolute Gasteiger partial charge is 0.294 e. The van der Waals surface area contributed by atoms with Crippen LogP contribution in [0.4, 0.5) is 23.7 Å². The van der Waals surface area contributed by atoms with Crippen molar-refractivity contribution in [1.82, 2.24) is 4.90 Å². The number of hydrogen-bond acceptors (Lipinski definition) is 5. The van der Waals surface area contributed by atoms with Crippen molar-refractivity contribution < 1.29 is 32.3 Å². The molecule has 4 rings (SSSR count). The fraction of sp³-hybridized carbons (Fsp3) is 0.0800. The zero-order chi connectivity index (χ0) is 24.9. The quantitative estimate of drug-likeness (QED) is 0.444. The van der Waals surface area contributed by atoms with Gasteiger partial charge in [0.2, 0.25) is 5.91 Å². The van der Waals surface area contributed by atoms with E-state index in [0.717, 1.165) is 22.6 Å². The molecule has 1 aliphatic heterocycles. The Hall–Kier alpha value is -4.05. The third-order valence-corrected chi connectivity index (χ3v) is 5.78. The molecule has 0 unspecified atom stereocenters. The predicted octanol–water partition coefficient (Wildman–Crippen LogP) is 5.36. The Morgan fingerprint density at radius 1 is 0.943 bits per heavy atom. The van der Waals surface area contributed by atoms with Crippen molar-refractivity contribution in [3.63, 3.8) is 0 Å². The first-order valence-corrected chi connectivity index (χ1v) is 11.1. The summed E-state index contributed by atoms with van der Waals surface area (Å²) in [6.07, 6.45) is 1.51. The highest BCUT2D eigenvalue weighted by Gasteiger charge is 2.36. The SMILES string of the molecule is O=C(CN1C(=O)SC(=Cc2ccc(OCc3ccc(F)cc3)cc2)C1=O)Nc1ccc(F)cc1F. The Bertz CT molecular complexity index is 1310. The first kappa shape index (κ1) is 24.1. The van der Waals surface area contributed by atoms with Crippen molar-refractivity contribution in [2.24, 2.45) is 0 Å². The van der Waals surface area contributed by atoms with Gasteiger partial charge in [-0.1, -0.05) is 24.3 Å². The van der Waals surface area contributed by atoms with Gasteiger partial charge >= 0.3 is 0 Å². The lowest BCUT2D eigenvalue weighted by Gasteiger charge is -2.12. The van der Waals surface area contributed by atoms with Gasteiger partial charge < -0.3 is 10.1 Å². The van der Waals surface area contributed by atoms with Gasteiger partial charge in [-0.2, -0.15) is 0 Å². The normalized spacial score (nSPS) is 14.5. The van der Waals surface area contributed by atoms with Gasteiger partial charge in [0.05, 0.1) is 10.6 Å². The minimum absolute atomic E-state index is 0.121. The van der Waals surface area contributed by atoms with Crippen LogP contribution >= 0.6 is 11.8 Å². The molecular weight excluding hydrogens is 481 g/mol. The van der Waals surface area contributed by atoms with Gasteiger partial charge in [-0.05, 0) is 65.4 Å². The second-order valence-corrected chi connectivity index (χ2v) is 8.42. The maximum atomic E-state index is 13.7.